The molecule has 2 N–H and O–H groups in total. The molecule has 0 fully saturated rings. The van der Waals surface area contributed by atoms with Crippen LogP contribution in [-0.2, 0) is 19.6 Å². The monoisotopic (exact) mass is 266 g/mol. The minimum atomic E-state index is 0.582. The number of nitrogens with two attached hydrogens (primary N) is 1. The van der Waals surface area contributed by atoms with Crippen molar-refractivity contribution in [3.05, 3.63) is 28.0 Å². The second-order valence-electron chi connectivity index (χ2n) is 4.29. The molecule has 0 unspecified atom stereocenters. The van der Waals surface area contributed by atoms with Crippen molar-refractivity contribution in [2.45, 2.75) is 26.6 Å². The Morgan fingerprint density at radius 3 is 2.94 bits per heavy atom. The van der Waals surface area contributed by atoms with Crippen molar-refractivity contribution in [1.82, 2.24) is 24.9 Å². The molecule has 0 aromatic carbocycles. The Hall–Kier alpha value is -1.31. The van der Waals surface area contributed by atoms with Gasteiger partial charge in [0.1, 0.15) is 0 Å². The van der Waals surface area contributed by atoms with Crippen LogP contribution < -0.4 is 5.73 Å². The third-order valence-corrected chi connectivity index (χ3v) is 3.55. The maximum absolute atomic E-state index is 5.47. The van der Waals surface area contributed by atoms with Crippen LogP contribution in [0.25, 0.3) is 0 Å². The molecule has 0 aliphatic rings. The molecule has 0 aliphatic heterocycles. The first kappa shape index (κ1) is 13.1. The molecule has 0 saturated heterocycles. The molecule has 98 valence electrons. The van der Waals surface area contributed by atoms with Crippen LogP contribution in [0.15, 0.2) is 11.7 Å². The zero-order valence-corrected chi connectivity index (χ0v) is 11.5. The quantitative estimate of drug-likeness (QED) is 0.830. The summed E-state index contributed by atoms with van der Waals surface area (Å²) in [5.74, 6) is 0. The second-order valence-corrected chi connectivity index (χ2v) is 5.23. The molecular weight excluding hydrogens is 248 g/mol. The van der Waals surface area contributed by atoms with Gasteiger partial charge < -0.3 is 5.73 Å². The number of nitrogens with zero attached hydrogens (tertiary/aromatic N) is 5. The molecule has 2 heterocycles. The SMILES string of the molecule is Cc1ncsc1CN(C)Cc1cn(CCN)nn1. The summed E-state index contributed by atoms with van der Waals surface area (Å²) in [6.45, 7) is 5.00. The van der Waals surface area contributed by atoms with Crippen molar-refractivity contribution in [2.75, 3.05) is 13.6 Å². The summed E-state index contributed by atoms with van der Waals surface area (Å²) < 4.78 is 1.78. The third-order valence-electron chi connectivity index (χ3n) is 2.63. The van der Waals surface area contributed by atoms with Crippen molar-refractivity contribution >= 4 is 11.3 Å². The fraction of sp³-hybridized carbons (Fsp3) is 0.545. The zero-order chi connectivity index (χ0) is 13.0. The zero-order valence-electron chi connectivity index (χ0n) is 10.7. The van der Waals surface area contributed by atoms with Gasteiger partial charge in [-0.15, -0.1) is 16.4 Å². The summed E-state index contributed by atoms with van der Waals surface area (Å²) in [5.41, 5.74) is 9.43. The maximum Gasteiger partial charge on any atom is 0.0967 e. The van der Waals surface area contributed by atoms with Gasteiger partial charge in [0.25, 0.3) is 0 Å². The molecule has 7 heteroatoms. The Balaban J connectivity index is 1.90. The van der Waals surface area contributed by atoms with Crippen LogP contribution in [0.4, 0.5) is 0 Å². The fourth-order valence-electron chi connectivity index (χ4n) is 1.71. The van der Waals surface area contributed by atoms with Crippen LogP contribution in [0.5, 0.6) is 0 Å². The third kappa shape index (κ3) is 3.34. The molecule has 0 amide bonds. The van der Waals surface area contributed by atoms with E-state index in [-0.39, 0.29) is 0 Å². The van der Waals surface area contributed by atoms with Crippen molar-refractivity contribution in [2.24, 2.45) is 5.73 Å². The average Bonchev–Trinajstić information content (AvgIpc) is 2.90. The maximum atomic E-state index is 5.47. The molecule has 2 aromatic rings. The highest BCUT2D eigenvalue weighted by atomic mass is 32.1. The van der Waals surface area contributed by atoms with Gasteiger partial charge in [-0.25, -0.2) is 4.98 Å². The van der Waals surface area contributed by atoms with Crippen molar-refractivity contribution in [1.29, 1.82) is 0 Å². The number of aryl methyl sites for hydroxylation is 1. The lowest BCUT2D eigenvalue weighted by atomic mass is 10.3. The Bertz CT molecular complexity index is 491. The first-order chi connectivity index (χ1) is 8.69. The Labute approximate surface area is 110 Å². The first-order valence-electron chi connectivity index (χ1n) is 5.85. The molecule has 0 saturated carbocycles. The topological polar surface area (TPSA) is 72.9 Å². The highest BCUT2D eigenvalue weighted by molar-refractivity contribution is 7.09. The van der Waals surface area contributed by atoms with Gasteiger partial charge in [0.2, 0.25) is 0 Å². The van der Waals surface area contributed by atoms with Crippen LogP contribution in [-0.4, -0.2) is 38.5 Å². The molecule has 0 spiro atoms. The average molecular weight is 266 g/mol. The van der Waals surface area contributed by atoms with Crippen LogP contribution in [0, 0.1) is 6.92 Å². The van der Waals surface area contributed by atoms with E-state index < -0.39 is 0 Å². The highest BCUT2D eigenvalue weighted by Gasteiger charge is 2.08. The van der Waals surface area contributed by atoms with Gasteiger partial charge in [0.15, 0.2) is 0 Å². The molecule has 2 aromatic heterocycles. The molecule has 0 aliphatic carbocycles. The molecule has 2 rings (SSSR count). The highest BCUT2D eigenvalue weighted by Crippen LogP contribution is 2.15. The largest absolute Gasteiger partial charge is 0.329 e. The summed E-state index contributed by atoms with van der Waals surface area (Å²) in [5, 5.41) is 8.15. The van der Waals surface area contributed by atoms with Gasteiger partial charge in [0.05, 0.1) is 23.4 Å². The normalized spacial score (nSPS) is 11.3. The first-order valence-corrected chi connectivity index (χ1v) is 6.73. The summed E-state index contributed by atoms with van der Waals surface area (Å²) in [6.07, 6.45) is 1.95. The van der Waals surface area contributed by atoms with E-state index in [2.05, 4.69) is 27.2 Å². The molecule has 0 bridgehead atoms. The van der Waals surface area contributed by atoms with Crippen molar-refractivity contribution in [3.8, 4) is 0 Å². The van der Waals surface area contributed by atoms with E-state index in [0.717, 1.165) is 24.5 Å². The number of aromatic nitrogens is 4. The standard InChI is InChI=1S/C11H18N6S/c1-9-11(18-8-13-9)7-16(2)5-10-6-17(4-3-12)15-14-10/h6,8H,3-5,7,12H2,1-2H3. The lowest BCUT2D eigenvalue weighted by molar-refractivity contribution is 0.317. The predicted octanol–water partition coefficient (Wildman–Crippen LogP) is 0.634. The lowest BCUT2D eigenvalue weighted by Crippen LogP contribution is -2.17. The molecule has 0 atom stereocenters. The number of rotatable bonds is 6. The summed E-state index contributed by atoms with van der Waals surface area (Å²) >= 11 is 1.69. The van der Waals surface area contributed by atoms with Gasteiger partial charge in [0, 0.05) is 30.7 Å². The van der Waals surface area contributed by atoms with Gasteiger partial charge in [-0.1, -0.05) is 5.21 Å². The van der Waals surface area contributed by atoms with E-state index in [0.29, 0.717) is 13.1 Å². The lowest BCUT2D eigenvalue weighted by Gasteiger charge is -2.13. The minimum Gasteiger partial charge on any atom is -0.329 e. The number of hydrogen-bond acceptors (Lipinski definition) is 6. The van der Waals surface area contributed by atoms with E-state index in [9.17, 15) is 0 Å². The van der Waals surface area contributed by atoms with Gasteiger partial charge in [-0.05, 0) is 14.0 Å². The molecule has 18 heavy (non-hydrogen) atoms. The Morgan fingerprint density at radius 2 is 2.28 bits per heavy atom. The van der Waals surface area contributed by atoms with Gasteiger partial charge in [-0.3, -0.25) is 9.58 Å². The second kappa shape index (κ2) is 6.03. The van der Waals surface area contributed by atoms with E-state index in [1.807, 2.05) is 18.6 Å². The molecular formula is C11H18N6S. The predicted molar refractivity (Wildman–Crippen MR) is 71.1 cm³/mol. The fourth-order valence-corrected chi connectivity index (χ4v) is 2.56. The number of hydrogen-bond donors (Lipinski definition) is 1. The van der Waals surface area contributed by atoms with Gasteiger partial charge >= 0.3 is 0 Å². The van der Waals surface area contributed by atoms with Crippen LogP contribution in [0.2, 0.25) is 0 Å². The van der Waals surface area contributed by atoms with Crippen molar-refractivity contribution < 1.29 is 0 Å². The molecule has 0 radical (unpaired) electrons. The summed E-state index contributed by atoms with van der Waals surface area (Å²) in [7, 11) is 2.07. The van der Waals surface area contributed by atoms with Gasteiger partial charge in [-0.2, -0.15) is 0 Å². The van der Waals surface area contributed by atoms with Crippen molar-refractivity contribution in [3.63, 3.8) is 0 Å². The number of thiazole rings is 1. The van der Waals surface area contributed by atoms with E-state index in [1.165, 1.54) is 4.88 Å². The summed E-state index contributed by atoms with van der Waals surface area (Å²) in [4.78, 5) is 7.75. The molecule has 6 nitrogen and oxygen atoms in total. The van der Waals surface area contributed by atoms with Crippen LogP contribution in [0.1, 0.15) is 16.3 Å². The van der Waals surface area contributed by atoms with E-state index in [1.54, 1.807) is 16.0 Å². The van der Waals surface area contributed by atoms with E-state index >= 15 is 0 Å². The summed E-state index contributed by atoms with van der Waals surface area (Å²) in [6, 6.07) is 0. The Kier molecular flexibility index (Phi) is 4.40. The Morgan fingerprint density at radius 1 is 1.44 bits per heavy atom. The minimum absolute atomic E-state index is 0.582. The van der Waals surface area contributed by atoms with E-state index in [4.69, 9.17) is 5.73 Å². The smallest absolute Gasteiger partial charge is 0.0967 e. The van der Waals surface area contributed by atoms with Crippen LogP contribution >= 0.6 is 11.3 Å². The van der Waals surface area contributed by atoms with Crippen LogP contribution in [0.3, 0.4) is 0 Å².